The Bertz CT molecular complexity index is 768. The third-order valence-electron chi connectivity index (χ3n) is 2.34. The normalized spacial score (nSPS) is 11.3. The summed E-state index contributed by atoms with van der Waals surface area (Å²) in [6.07, 6.45) is 1.31. The van der Waals surface area contributed by atoms with Crippen LogP contribution >= 0.6 is 15.9 Å². The van der Waals surface area contributed by atoms with Crippen molar-refractivity contribution in [2.75, 3.05) is 10.5 Å². The highest BCUT2D eigenvalue weighted by Crippen LogP contribution is 2.26. The molecule has 0 radical (unpaired) electrons. The van der Waals surface area contributed by atoms with Crippen molar-refractivity contribution in [3.05, 3.63) is 46.6 Å². The third-order valence-corrected chi connectivity index (χ3v) is 4.36. The van der Waals surface area contributed by atoms with E-state index < -0.39 is 27.3 Å². The summed E-state index contributed by atoms with van der Waals surface area (Å²) in [5, 5.41) is 0. The van der Waals surface area contributed by atoms with Crippen LogP contribution in [-0.4, -0.2) is 13.4 Å². The first kappa shape index (κ1) is 14.7. The number of hydrogen-bond donors (Lipinski definition) is 2. The molecule has 0 bridgehead atoms. The highest BCUT2D eigenvalue weighted by molar-refractivity contribution is 9.10. The molecular formula is C11H8BrF2N3O2S. The van der Waals surface area contributed by atoms with Crippen molar-refractivity contribution in [2.45, 2.75) is 4.90 Å². The number of pyridine rings is 1. The van der Waals surface area contributed by atoms with Crippen molar-refractivity contribution in [3.63, 3.8) is 0 Å². The number of sulfonamides is 1. The first-order valence-electron chi connectivity index (χ1n) is 5.19. The van der Waals surface area contributed by atoms with Gasteiger partial charge in [-0.1, -0.05) is 0 Å². The molecule has 0 saturated heterocycles. The quantitative estimate of drug-likeness (QED) is 0.820. The van der Waals surface area contributed by atoms with E-state index >= 15 is 0 Å². The van der Waals surface area contributed by atoms with Gasteiger partial charge in [0.1, 0.15) is 22.3 Å². The predicted octanol–water partition coefficient (Wildman–Crippen LogP) is 2.51. The molecule has 0 atom stereocenters. The number of rotatable bonds is 3. The minimum absolute atomic E-state index is 0.112. The summed E-state index contributed by atoms with van der Waals surface area (Å²) < 4.78 is 52.8. The Labute approximate surface area is 122 Å². The molecule has 1 aromatic heterocycles. The average Bonchev–Trinajstić information content (AvgIpc) is 2.36. The number of aromatic nitrogens is 1. The van der Waals surface area contributed by atoms with Crippen LogP contribution < -0.4 is 10.5 Å². The number of halogens is 3. The molecule has 2 rings (SSSR count). The van der Waals surface area contributed by atoms with Gasteiger partial charge < -0.3 is 5.73 Å². The van der Waals surface area contributed by atoms with E-state index in [-0.39, 0.29) is 15.2 Å². The van der Waals surface area contributed by atoms with Crippen molar-refractivity contribution >= 4 is 37.5 Å². The van der Waals surface area contributed by atoms with Gasteiger partial charge in [0.25, 0.3) is 10.0 Å². The zero-order valence-corrected chi connectivity index (χ0v) is 12.2. The van der Waals surface area contributed by atoms with Gasteiger partial charge in [-0.25, -0.2) is 22.2 Å². The number of nitrogens with zero attached hydrogens (tertiary/aromatic N) is 1. The van der Waals surface area contributed by atoms with Crippen LogP contribution in [0, 0.1) is 11.6 Å². The van der Waals surface area contributed by atoms with E-state index in [1.165, 1.54) is 18.3 Å². The molecule has 1 heterocycles. The van der Waals surface area contributed by atoms with Crippen molar-refractivity contribution < 1.29 is 17.2 Å². The van der Waals surface area contributed by atoms with E-state index in [1.54, 1.807) is 0 Å². The van der Waals surface area contributed by atoms with Crippen LogP contribution in [0.25, 0.3) is 0 Å². The molecule has 0 amide bonds. The predicted molar refractivity (Wildman–Crippen MR) is 73.5 cm³/mol. The highest BCUT2D eigenvalue weighted by atomic mass is 79.9. The summed E-state index contributed by atoms with van der Waals surface area (Å²) in [5.74, 6) is -1.97. The van der Waals surface area contributed by atoms with Gasteiger partial charge in [0.15, 0.2) is 0 Å². The molecule has 1 aromatic carbocycles. The van der Waals surface area contributed by atoms with Gasteiger partial charge in [0, 0.05) is 12.3 Å². The summed E-state index contributed by atoms with van der Waals surface area (Å²) in [5.41, 5.74) is 4.93. The van der Waals surface area contributed by atoms with E-state index in [4.69, 9.17) is 5.73 Å². The Balaban J connectivity index is 2.44. The van der Waals surface area contributed by atoms with E-state index in [0.29, 0.717) is 0 Å². The van der Waals surface area contributed by atoms with Gasteiger partial charge in [-0.3, -0.25) is 4.72 Å². The molecule has 0 aliphatic carbocycles. The SMILES string of the molecule is Nc1ncccc1S(=O)(=O)Nc1cc(F)c(Br)cc1F. The van der Waals surface area contributed by atoms with Crippen LogP contribution in [0.1, 0.15) is 0 Å². The maximum atomic E-state index is 13.6. The second-order valence-corrected chi connectivity index (χ2v) is 6.24. The summed E-state index contributed by atoms with van der Waals surface area (Å²) in [7, 11) is -4.16. The van der Waals surface area contributed by atoms with Gasteiger partial charge in [-0.15, -0.1) is 0 Å². The second-order valence-electron chi connectivity index (χ2n) is 3.74. The first-order valence-corrected chi connectivity index (χ1v) is 7.47. The van der Waals surface area contributed by atoms with E-state index in [1.807, 2.05) is 4.72 Å². The molecule has 0 saturated carbocycles. The Morgan fingerprint density at radius 1 is 1.25 bits per heavy atom. The van der Waals surface area contributed by atoms with Crippen molar-refractivity contribution in [3.8, 4) is 0 Å². The molecule has 106 valence electrons. The van der Waals surface area contributed by atoms with E-state index in [0.717, 1.165) is 12.1 Å². The van der Waals surface area contributed by atoms with E-state index in [9.17, 15) is 17.2 Å². The number of anilines is 2. The summed E-state index contributed by atoms with van der Waals surface area (Å²) in [6, 6.07) is 4.12. The Hall–Kier alpha value is -1.74. The highest BCUT2D eigenvalue weighted by Gasteiger charge is 2.20. The largest absolute Gasteiger partial charge is 0.383 e. The monoisotopic (exact) mass is 363 g/mol. The fourth-order valence-electron chi connectivity index (χ4n) is 1.43. The first-order chi connectivity index (χ1) is 9.31. The van der Waals surface area contributed by atoms with Gasteiger partial charge in [0.05, 0.1) is 10.2 Å². The van der Waals surface area contributed by atoms with Crippen molar-refractivity contribution in [2.24, 2.45) is 0 Å². The Morgan fingerprint density at radius 2 is 1.95 bits per heavy atom. The molecule has 20 heavy (non-hydrogen) atoms. The fourth-order valence-corrected chi connectivity index (χ4v) is 2.89. The molecule has 0 unspecified atom stereocenters. The number of nitrogens with two attached hydrogens (primary N) is 1. The minimum Gasteiger partial charge on any atom is -0.383 e. The van der Waals surface area contributed by atoms with Gasteiger partial charge >= 0.3 is 0 Å². The van der Waals surface area contributed by atoms with Crippen LogP contribution in [0.5, 0.6) is 0 Å². The molecular weight excluding hydrogens is 356 g/mol. The van der Waals surface area contributed by atoms with Gasteiger partial charge in [0.2, 0.25) is 0 Å². The van der Waals surface area contributed by atoms with Crippen molar-refractivity contribution in [1.82, 2.24) is 4.98 Å². The maximum absolute atomic E-state index is 13.6. The fraction of sp³-hybridized carbons (Fsp3) is 0. The number of hydrogen-bond acceptors (Lipinski definition) is 4. The molecule has 3 N–H and O–H groups in total. The zero-order chi connectivity index (χ0) is 14.9. The molecule has 0 aliphatic heterocycles. The maximum Gasteiger partial charge on any atom is 0.265 e. The summed E-state index contributed by atoms with van der Waals surface area (Å²) in [4.78, 5) is 3.31. The number of benzene rings is 1. The molecule has 5 nitrogen and oxygen atoms in total. The molecule has 2 aromatic rings. The lowest BCUT2D eigenvalue weighted by molar-refractivity contribution is 0.592. The van der Waals surface area contributed by atoms with Crippen molar-refractivity contribution in [1.29, 1.82) is 0 Å². The lowest BCUT2D eigenvalue weighted by Crippen LogP contribution is -2.16. The molecule has 0 fully saturated rings. The topological polar surface area (TPSA) is 85.1 Å². The van der Waals surface area contributed by atoms with Crippen LogP contribution in [-0.2, 0) is 10.0 Å². The minimum atomic E-state index is -4.16. The molecule has 9 heteroatoms. The molecule has 0 spiro atoms. The van der Waals surface area contributed by atoms with Crippen LogP contribution in [0.4, 0.5) is 20.3 Å². The summed E-state index contributed by atoms with van der Waals surface area (Å²) >= 11 is 2.79. The van der Waals surface area contributed by atoms with Crippen LogP contribution in [0.15, 0.2) is 39.8 Å². The van der Waals surface area contributed by atoms with Gasteiger partial charge in [-0.2, -0.15) is 0 Å². The van der Waals surface area contributed by atoms with E-state index in [2.05, 4.69) is 20.9 Å². The van der Waals surface area contributed by atoms with Crippen LogP contribution in [0.3, 0.4) is 0 Å². The number of nitrogen functional groups attached to an aromatic ring is 1. The molecule has 0 aliphatic rings. The second kappa shape index (κ2) is 5.33. The van der Waals surface area contributed by atoms with Gasteiger partial charge in [-0.05, 0) is 34.1 Å². The van der Waals surface area contributed by atoms with Crippen LogP contribution in [0.2, 0.25) is 0 Å². The average molecular weight is 364 g/mol. The third kappa shape index (κ3) is 2.88. The Kier molecular flexibility index (Phi) is 3.91. The lowest BCUT2D eigenvalue weighted by Gasteiger charge is -2.10. The zero-order valence-electron chi connectivity index (χ0n) is 9.77. The smallest absolute Gasteiger partial charge is 0.265 e. The Morgan fingerprint density at radius 3 is 2.60 bits per heavy atom. The lowest BCUT2D eigenvalue weighted by atomic mass is 10.3. The standard InChI is InChI=1S/C11H8BrF2N3O2S/c12-6-4-8(14)9(5-7(6)13)17-20(18,19)10-2-1-3-16-11(10)15/h1-5,17H,(H2,15,16). The summed E-state index contributed by atoms with van der Waals surface area (Å²) in [6.45, 7) is 0. The number of nitrogens with one attached hydrogen (secondary N) is 1.